The molecule has 8 nitrogen and oxygen atoms in total. The number of thiophene rings is 1. The van der Waals surface area contributed by atoms with Crippen LogP contribution in [0.4, 0.5) is 5.00 Å². The van der Waals surface area contributed by atoms with E-state index in [-0.39, 0.29) is 16.3 Å². The minimum absolute atomic E-state index is 0.126. The smallest absolute Gasteiger partial charge is 0.324 e. The van der Waals surface area contributed by atoms with E-state index in [1.54, 1.807) is 0 Å². The van der Waals surface area contributed by atoms with Gasteiger partial charge in [-0.15, -0.1) is 0 Å². The number of rotatable bonds is 5. The van der Waals surface area contributed by atoms with Crippen molar-refractivity contribution in [1.29, 1.82) is 0 Å². The topological polar surface area (TPSA) is 119 Å². The number of ether oxygens (including phenoxy) is 1. The Bertz CT molecular complexity index is 564. The molecule has 0 saturated carbocycles. The van der Waals surface area contributed by atoms with Crippen LogP contribution >= 0.6 is 11.3 Å². The van der Waals surface area contributed by atoms with E-state index in [4.69, 9.17) is 9.84 Å². The first kappa shape index (κ1) is 15.4. The molecule has 0 atom stereocenters. The van der Waals surface area contributed by atoms with E-state index in [9.17, 15) is 19.7 Å². The van der Waals surface area contributed by atoms with E-state index >= 15 is 0 Å². The zero-order valence-corrected chi connectivity index (χ0v) is 11.9. The number of hydrogen-bond donors (Lipinski definition) is 2. The van der Waals surface area contributed by atoms with E-state index in [0.717, 1.165) is 11.3 Å². The molecule has 0 radical (unpaired) electrons. The quantitative estimate of drug-likeness (QED) is 0.626. The highest BCUT2D eigenvalue weighted by molar-refractivity contribution is 7.17. The van der Waals surface area contributed by atoms with Gasteiger partial charge in [0.1, 0.15) is 0 Å². The third-order valence-electron chi connectivity index (χ3n) is 3.31. The number of carboxylic acids is 1. The van der Waals surface area contributed by atoms with E-state index in [1.165, 1.54) is 12.1 Å². The lowest BCUT2D eigenvalue weighted by Gasteiger charge is -2.36. The van der Waals surface area contributed by atoms with Crippen LogP contribution in [0.15, 0.2) is 12.1 Å². The molecule has 1 aromatic heterocycles. The number of hydrogen-bond acceptors (Lipinski definition) is 6. The monoisotopic (exact) mass is 314 g/mol. The Morgan fingerprint density at radius 1 is 1.43 bits per heavy atom. The number of amides is 1. The number of carboxylic acid groups (broad SMARTS) is 1. The molecule has 1 aromatic rings. The fraction of sp³-hybridized carbons (Fsp3) is 0.500. The van der Waals surface area contributed by atoms with Crippen LogP contribution in [0.5, 0.6) is 0 Å². The number of carbonyl (C=O) groups excluding carboxylic acids is 1. The van der Waals surface area contributed by atoms with Crippen LogP contribution in [0.25, 0.3) is 0 Å². The van der Waals surface area contributed by atoms with Gasteiger partial charge in [-0.05, 0) is 18.9 Å². The molecule has 2 heterocycles. The van der Waals surface area contributed by atoms with Gasteiger partial charge in [-0.1, -0.05) is 11.3 Å². The average Bonchev–Trinajstić information content (AvgIpc) is 2.88. The highest BCUT2D eigenvalue weighted by Gasteiger charge is 2.37. The summed E-state index contributed by atoms with van der Waals surface area (Å²) in [4.78, 5) is 33.4. The summed E-state index contributed by atoms with van der Waals surface area (Å²) in [7, 11) is 0. The lowest BCUT2D eigenvalue weighted by atomic mass is 9.86. The average molecular weight is 314 g/mol. The molecule has 0 aliphatic carbocycles. The predicted molar refractivity (Wildman–Crippen MR) is 73.5 cm³/mol. The lowest BCUT2D eigenvalue weighted by molar-refractivity contribution is -0.380. The number of nitrogens with one attached hydrogen (secondary N) is 1. The molecule has 1 aliphatic rings. The Labute approximate surface area is 123 Å². The summed E-state index contributed by atoms with van der Waals surface area (Å²) in [6, 6.07) is 2.62. The van der Waals surface area contributed by atoms with Crippen LogP contribution in [0.1, 0.15) is 28.9 Å². The van der Waals surface area contributed by atoms with E-state index in [1.807, 2.05) is 0 Å². The van der Waals surface area contributed by atoms with Crippen molar-refractivity contribution in [1.82, 2.24) is 5.32 Å². The van der Waals surface area contributed by atoms with Crippen molar-refractivity contribution in [3.8, 4) is 0 Å². The molecule has 1 amide bonds. The molecule has 21 heavy (non-hydrogen) atoms. The van der Waals surface area contributed by atoms with Crippen molar-refractivity contribution in [2.24, 2.45) is 0 Å². The maximum atomic E-state index is 12.2. The van der Waals surface area contributed by atoms with Crippen LogP contribution in [0.2, 0.25) is 0 Å². The molecular formula is C12H14N2O6S. The molecule has 0 unspecified atom stereocenters. The molecule has 0 bridgehead atoms. The Balaban J connectivity index is 2.13. The van der Waals surface area contributed by atoms with Crippen LogP contribution in [-0.4, -0.2) is 40.7 Å². The second-order valence-corrected chi connectivity index (χ2v) is 5.87. The van der Waals surface area contributed by atoms with Gasteiger partial charge in [-0.3, -0.25) is 19.7 Å². The summed E-state index contributed by atoms with van der Waals surface area (Å²) in [5.74, 6) is -1.49. The van der Waals surface area contributed by atoms with Gasteiger partial charge in [-0.2, -0.15) is 0 Å². The number of nitro groups is 1. The van der Waals surface area contributed by atoms with Crippen LogP contribution in [-0.2, 0) is 9.53 Å². The molecule has 2 N–H and O–H groups in total. The third kappa shape index (κ3) is 3.76. The van der Waals surface area contributed by atoms with Gasteiger partial charge in [-0.25, -0.2) is 0 Å². The van der Waals surface area contributed by atoms with E-state index < -0.39 is 22.3 Å². The number of aliphatic carboxylic acids is 1. The highest BCUT2D eigenvalue weighted by atomic mass is 32.1. The van der Waals surface area contributed by atoms with Crippen molar-refractivity contribution < 1.29 is 24.4 Å². The minimum Gasteiger partial charge on any atom is -0.481 e. The predicted octanol–water partition coefficient (Wildman–Crippen LogP) is 1.41. The first-order chi connectivity index (χ1) is 9.92. The standard InChI is InChI=1S/C12H14N2O6S/c15-10(16)7-12(3-5-20-6-4-12)13-11(17)8-1-2-9(21-8)14(18)19/h1-2H,3-7H2,(H,13,17)(H,15,16). The largest absolute Gasteiger partial charge is 0.481 e. The number of nitrogens with zero attached hydrogens (tertiary/aromatic N) is 1. The maximum Gasteiger partial charge on any atom is 0.324 e. The first-order valence-electron chi connectivity index (χ1n) is 6.28. The van der Waals surface area contributed by atoms with Crippen molar-refractivity contribution in [2.45, 2.75) is 24.8 Å². The summed E-state index contributed by atoms with van der Waals surface area (Å²) in [6.07, 6.45) is 0.604. The zero-order chi connectivity index (χ0) is 15.5. The molecule has 0 aromatic carbocycles. The Hall–Kier alpha value is -2.00. The molecule has 1 saturated heterocycles. The lowest BCUT2D eigenvalue weighted by Crippen LogP contribution is -2.53. The number of carbonyl (C=O) groups is 2. The van der Waals surface area contributed by atoms with Crippen molar-refractivity contribution in [2.75, 3.05) is 13.2 Å². The van der Waals surface area contributed by atoms with Gasteiger partial charge in [0, 0.05) is 19.3 Å². The van der Waals surface area contributed by atoms with Crippen molar-refractivity contribution in [3.63, 3.8) is 0 Å². The summed E-state index contributed by atoms with van der Waals surface area (Å²) in [5, 5.41) is 22.2. The van der Waals surface area contributed by atoms with Crippen LogP contribution < -0.4 is 5.32 Å². The second-order valence-electron chi connectivity index (χ2n) is 4.81. The Morgan fingerprint density at radius 3 is 2.62 bits per heavy atom. The molecule has 1 aliphatic heterocycles. The molecule has 9 heteroatoms. The van der Waals surface area contributed by atoms with Gasteiger partial charge in [0.15, 0.2) is 0 Å². The van der Waals surface area contributed by atoms with Gasteiger partial charge >= 0.3 is 11.0 Å². The summed E-state index contributed by atoms with van der Waals surface area (Å²) in [5.41, 5.74) is -0.861. The van der Waals surface area contributed by atoms with E-state index in [0.29, 0.717) is 26.1 Å². The molecule has 1 fully saturated rings. The molecule has 0 spiro atoms. The Kier molecular flexibility index (Phi) is 4.53. The normalized spacial score (nSPS) is 17.1. The maximum absolute atomic E-state index is 12.2. The minimum atomic E-state index is -1.01. The molecule has 2 rings (SSSR count). The fourth-order valence-corrected chi connectivity index (χ4v) is 2.96. The highest BCUT2D eigenvalue weighted by Crippen LogP contribution is 2.28. The van der Waals surface area contributed by atoms with Crippen molar-refractivity contribution >= 4 is 28.2 Å². The van der Waals surface area contributed by atoms with Gasteiger partial charge in [0.25, 0.3) is 5.91 Å². The molecular weight excluding hydrogens is 300 g/mol. The summed E-state index contributed by atoms with van der Waals surface area (Å²) >= 11 is 0.765. The van der Waals surface area contributed by atoms with Gasteiger partial charge in [0.05, 0.1) is 21.8 Å². The fourth-order valence-electron chi connectivity index (χ4n) is 2.25. The SMILES string of the molecule is O=C(O)CC1(NC(=O)c2ccc([N+](=O)[O-])s2)CCOCC1. The Morgan fingerprint density at radius 2 is 2.10 bits per heavy atom. The summed E-state index contributed by atoms with van der Waals surface area (Å²) in [6.45, 7) is 0.746. The third-order valence-corrected chi connectivity index (χ3v) is 4.35. The van der Waals surface area contributed by atoms with Crippen molar-refractivity contribution in [3.05, 3.63) is 27.1 Å². The summed E-state index contributed by atoms with van der Waals surface area (Å²) < 4.78 is 5.20. The second kappa shape index (κ2) is 6.19. The van der Waals surface area contributed by atoms with Crippen LogP contribution in [0, 0.1) is 10.1 Å². The van der Waals surface area contributed by atoms with Gasteiger partial charge < -0.3 is 15.2 Å². The van der Waals surface area contributed by atoms with Gasteiger partial charge in [0.2, 0.25) is 0 Å². The zero-order valence-electron chi connectivity index (χ0n) is 11.0. The van der Waals surface area contributed by atoms with Crippen LogP contribution in [0.3, 0.4) is 0 Å². The molecule has 114 valence electrons. The first-order valence-corrected chi connectivity index (χ1v) is 7.10. The van der Waals surface area contributed by atoms with E-state index in [2.05, 4.69) is 5.32 Å².